The average molecular weight is 435 g/mol. The van der Waals surface area contributed by atoms with Crippen molar-refractivity contribution in [3.05, 3.63) is 77.9 Å². The smallest absolute Gasteiger partial charge is 0.338 e. The second kappa shape index (κ2) is 11.2. The summed E-state index contributed by atoms with van der Waals surface area (Å²) in [6.45, 7) is 4.05. The summed E-state index contributed by atoms with van der Waals surface area (Å²) in [6, 6.07) is 12.2. The maximum atomic E-state index is 12.4. The number of allylic oxidation sites excluding steroid dienone is 1. The Morgan fingerprint density at radius 1 is 1.03 bits per heavy atom. The Hall–Kier alpha value is -3.54. The highest BCUT2D eigenvalue weighted by molar-refractivity contribution is 5.90. The molecule has 1 aliphatic carbocycles. The number of hydrogen-bond donors (Lipinski definition) is 2. The second-order valence-electron chi connectivity index (χ2n) is 8.01. The van der Waals surface area contributed by atoms with E-state index in [4.69, 9.17) is 20.9 Å². The monoisotopic (exact) mass is 434 g/mol. The number of hydrogen-bond acceptors (Lipinski definition) is 6. The summed E-state index contributed by atoms with van der Waals surface area (Å²) in [4.78, 5) is 24.3. The molecule has 32 heavy (non-hydrogen) atoms. The van der Waals surface area contributed by atoms with Crippen molar-refractivity contribution in [1.29, 1.82) is 0 Å². The first-order valence-corrected chi connectivity index (χ1v) is 10.9. The van der Waals surface area contributed by atoms with Gasteiger partial charge in [-0.15, -0.1) is 6.58 Å². The predicted octanol–water partition coefficient (Wildman–Crippen LogP) is 4.55. The van der Waals surface area contributed by atoms with E-state index in [0.717, 1.165) is 36.8 Å². The lowest BCUT2D eigenvalue weighted by molar-refractivity contribution is -0.137. The van der Waals surface area contributed by atoms with Gasteiger partial charge in [0, 0.05) is 23.9 Å². The fraction of sp³-hybridized carbons (Fsp3) is 0.308. The van der Waals surface area contributed by atoms with Crippen LogP contribution in [0.3, 0.4) is 0 Å². The van der Waals surface area contributed by atoms with Gasteiger partial charge in [-0.05, 0) is 73.1 Å². The van der Waals surface area contributed by atoms with Gasteiger partial charge in [0.15, 0.2) is 0 Å². The molecule has 0 saturated heterocycles. The number of esters is 2. The lowest BCUT2D eigenvalue weighted by Gasteiger charge is -2.26. The molecule has 6 heteroatoms. The summed E-state index contributed by atoms with van der Waals surface area (Å²) >= 11 is 0. The van der Waals surface area contributed by atoms with Crippen LogP contribution in [0.25, 0.3) is 6.08 Å². The first-order valence-electron chi connectivity index (χ1n) is 10.9. The van der Waals surface area contributed by atoms with E-state index in [9.17, 15) is 9.59 Å². The highest BCUT2D eigenvalue weighted by atomic mass is 16.5. The normalized spacial score (nSPS) is 18.2. The van der Waals surface area contributed by atoms with Gasteiger partial charge in [-0.1, -0.05) is 24.3 Å². The fourth-order valence-electron chi connectivity index (χ4n) is 3.71. The number of anilines is 2. The molecule has 0 heterocycles. The zero-order chi connectivity index (χ0) is 22.9. The Kier molecular flexibility index (Phi) is 8.08. The van der Waals surface area contributed by atoms with Gasteiger partial charge >= 0.3 is 11.9 Å². The molecule has 1 aliphatic rings. The van der Waals surface area contributed by atoms with E-state index in [1.54, 1.807) is 42.5 Å². The van der Waals surface area contributed by atoms with Crippen LogP contribution in [0.5, 0.6) is 0 Å². The molecular weight excluding hydrogens is 404 g/mol. The molecule has 2 aromatic carbocycles. The van der Waals surface area contributed by atoms with E-state index in [2.05, 4.69) is 6.58 Å². The lowest BCUT2D eigenvalue weighted by atomic mass is 9.87. The van der Waals surface area contributed by atoms with Crippen molar-refractivity contribution in [2.75, 3.05) is 18.1 Å². The van der Waals surface area contributed by atoms with E-state index < -0.39 is 5.97 Å². The number of rotatable bonds is 8. The number of carbonyl (C=O) groups is 2. The zero-order valence-electron chi connectivity index (χ0n) is 18.2. The largest absolute Gasteiger partial charge is 0.462 e. The minimum atomic E-state index is -0.447. The third-order valence-electron chi connectivity index (χ3n) is 5.67. The maximum absolute atomic E-state index is 12.4. The Labute approximate surface area is 188 Å². The predicted molar refractivity (Wildman–Crippen MR) is 127 cm³/mol. The van der Waals surface area contributed by atoms with Gasteiger partial charge in [-0.2, -0.15) is 0 Å². The molecule has 0 atom stereocenters. The van der Waals surface area contributed by atoms with Crippen LogP contribution in [0.4, 0.5) is 11.4 Å². The van der Waals surface area contributed by atoms with Crippen LogP contribution in [-0.2, 0) is 20.7 Å². The average Bonchev–Trinajstić information content (AvgIpc) is 2.80. The fourth-order valence-corrected chi connectivity index (χ4v) is 3.71. The van der Waals surface area contributed by atoms with Gasteiger partial charge in [0.1, 0.15) is 6.10 Å². The molecule has 1 saturated carbocycles. The van der Waals surface area contributed by atoms with Gasteiger partial charge in [0.05, 0.1) is 12.2 Å². The Morgan fingerprint density at radius 2 is 1.75 bits per heavy atom. The van der Waals surface area contributed by atoms with Crippen molar-refractivity contribution in [3.63, 3.8) is 0 Å². The van der Waals surface area contributed by atoms with Gasteiger partial charge in [-0.3, -0.25) is 0 Å². The number of ether oxygens (including phenoxy) is 2. The van der Waals surface area contributed by atoms with Crippen LogP contribution < -0.4 is 11.5 Å². The molecule has 0 radical (unpaired) electrons. The molecule has 6 nitrogen and oxygen atoms in total. The first-order chi connectivity index (χ1) is 15.4. The van der Waals surface area contributed by atoms with Crippen molar-refractivity contribution in [2.24, 2.45) is 5.92 Å². The van der Waals surface area contributed by atoms with Crippen molar-refractivity contribution in [1.82, 2.24) is 0 Å². The third kappa shape index (κ3) is 6.74. The molecule has 0 spiro atoms. The van der Waals surface area contributed by atoms with E-state index >= 15 is 0 Å². The molecule has 3 rings (SSSR count). The quantitative estimate of drug-likeness (QED) is 0.273. The van der Waals surface area contributed by atoms with Crippen LogP contribution in [0, 0.1) is 5.92 Å². The SMILES string of the molecule is C=CC1CCC(OC(=O)c2ccc(C=CC(=O)OCCc3ccc(N)cc3N)cc2)CC1. The minimum Gasteiger partial charge on any atom is -0.462 e. The van der Waals surface area contributed by atoms with Crippen LogP contribution in [0.15, 0.2) is 61.2 Å². The van der Waals surface area contributed by atoms with E-state index in [-0.39, 0.29) is 18.7 Å². The van der Waals surface area contributed by atoms with E-state index in [0.29, 0.717) is 29.3 Å². The number of nitrogens with two attached hydrogens (primary N) is 2. The third-order valence-corrected chi connectivity index (χ3v) is 5.67. The second-order valence-corrected chi connectivity index (χ2v) is 8.01. The molecule has 1 fully saturated rings. The topological polar surface area (TPSA) is 105 Å². The Bertz CT molecular complexity index is 974. The Balaban J connectivity index is 1.43. The first kappa shape index (κ1) is 23.1. The Morgan fingerprint density at radius 3 is 2.41 bits per heavy atom. The van der Waals surface area contributed by atoms with Crippen LogP contribution in [-0.4, -0.2) is 24.6 Å². The highest BCUT2D eigenvalue weighted by Gasteiger charge is 2.22. The molecule has 168 valence electrons. The highest BCUT2D eigenvalue weighted by Crippen LogP contribution is 2.27. The zero-order valence-corrected chi connectivity index (χ0v) is 18.2. The van der Waals surface area contributed by atoms with Crippen LogP contribution >= 0.6 is 0 Å². The van der Waals surface area contributed by atoms with Crippen molar-refractivity contribution >= 4 is 29.4 Å². The summed E-state index contributed by atoms with van der Waals surface area (Å²) < 4.78 is 10.8. The van der Waals surface area contributed by atoms with Crippen molar-refractivity contribution in [2.45, 2.75) is 38.2 Å². The molecule has 0 amide bonds. The summed E-state index contributed by atoms with van der Waals surface area (Å²) in [5.74, 6) is -0.236. The van der Waals surface area contributed by atoms with Crippen molar-refractivity contribution in [3.8, 4) is 0 Å². The summed E-state index contributed by atoms with van der Waals surface area (Å²) in [5.41, 5.74) is 14.9. The minimum absolute atomic E-state index is 0.0309. The standard InChI is InChI=1S/C26H30N2O4/c1-2-18-5-12-23(13-6-18)32-26(30)21-8-3-19(4-9-21)7-14-25(29)31-16-15-20-10-11-22(27)17-24(20)28/h2-4,7-11,14,17-18,23H,1,5-6,12-13,15-16,27-28H2. The van der Waals surface area contributed by atoms with Crippen LogP contribution in [0.2, 0.25) is 0 Å². The summed E-state index contributed by atoms with van der Waals surface area (Å²) in [5, 5.41) is 0. The van der Waals surface area contributed by atoms with Crippen molar-refractivity contribution < 1.29 is 19.1 Å². The van der Waals surface area contributed by atoms with Gasteiger partial charge in [0.2, 0.25) is 0 Å². The molecule has 0 aliphatic heterocycles. The lowest BCUT2D eigenvalue weighted by Crippen LogP contribution is -2.23. The molecule has 0 unspecified atom stereocenters. The molecule has 2 aromatic rings. The summed E-state index contributed by atoms with van der Waals surface area (Å²) in [7, 11) is 0. The number of benzene rings is 2. The summed E-state index contributed by atoms with van der Waals surface area (Å²) in [6.07, 6.45) is 9.23. The molecule has 0 aromatic heterocycles. The molecular formula is C26H30N2O4. The van der Waals surface area contributed by atoms with Crippen LogP contribution in [0.1, 0.15) is 47.2 Å². The van der Waals surface area contributed by atoms with Gasteiger partial charge < -0.3 is 20.9 Å². The van der Waals surface area contributed by atoms with Gasteiger partial charge in [-0.25, -0.2) is 9.59 Å². The molecule has 0 bridgehead atoms. The van der Waals surface area contributed by atoms with E-state index in [1.807, 2.05) is 12.1 Å². The van der Waals surface area contributed by atoms with E-state index in [1.165, 1.54) is 6.08 Å². The number of nitrogen functional groups attached to an aromatic ring is 2. The van der Waals surface area contributed by atoms with Gasteiger partial charge in [0.25, 0.3) is 0 Å². The molecule has 4 N–H and O–H groups in total. The maximum Gasteiger partial charge on any atom is 0.338 e. The number of carbonyl (C=O) groups excluding carboxylic acids is 2.